The summed E-state index contributed by atoms with van der Waals surface area (Å²) in [5, 5.41) is 0. The van der Waals surface area contributed by atoms with Crippen molar-refractivity contribution in [3.63, 3.8) is 0 Å². The van der Waals surface area contributed by atoms with Crippen LogP contribution < -0.4 is 0 Å². The Hall–Kier alpha value is -0.890. The van der Waals surface area contributed by atoms with Gasteiger partial charge < -0.3 is 4.74 Å². The van der Waals surface area contributed by atoms with Crippen molar-refractivity contribution in [3.05, 3.63) is 22.8 Å². The number of ether oxygens (including phenoxy) is 1. The summed E-state index contributed by atoms with van der Waals surface area (Å²) in [5.74, 6) is 0.107. The number of carbonyl (C=O) groups is 1. The second-order valence-corrected chi connectivity index (χ2v) is 3.70. The van der Waals surface area contributed by atoms with Crippen molar-refractivity contribution < 1.29 is 9.53 Å². The Morgan fingerprint density at radius 3 is 2.62 bits per heavy atom. The van der Waals surface area contributed by atoms with Crippen molar-refractivity contribution in [1.82, 2.24) is 0 Å². The number of allylic oxidation sites excluding steroid dienone is 2. The van der Waals surface area contributed by atoms with Gasteiger partial charge in [0.25, 0.3) is 0 Å². The second kappa shape index (κ2) is 3.88. The van der Waals surface area contributed by atoms with E-state index in [-0.39, 0.29) is 11.9 Å². The fraction of sp³-hybridized carbons (Fsp3) is 0.545. The molecular weight excluding hydrogens is 164 g/mol. The lowest BCUT2D eigenvalue weighted by Gasteiger charge is -2.23. The SMILES string of the molecule is COC1CC(C)=CC(=O)C1=C(C)C. The van der Waals surface area contributed by atoms with Gasteiger partial charge in [-0.05, 0) is 33.3 Å². The zero-order chi connectivity index (χ0) is 10.0. The van der Waals surface area contributed by atoms with E-state index in [1.54, 1.807) is 13.2 Å². The van der Waals surface area contributed by atoms with Gasteiger partial charge in [0.05, 0.1) is 6.10 Å². The van der Waals surface area contributed by atoms with Crippen molar-refractivity contribution in [2.75, 3.05) is 7.11 Å². The summed E-state index contributed by atoms with van der Waals surface area (Å²) in [6, 6.07) is 0. The third-order valence-corrected chi connectivity index (χ3v) is 2.30. The molecule has 2 heteroatoms. The largest absolute Gasteiger partial charge is 0.376 e. The minimum atomic E-state index is -0.0394. The Morgan fingerprint density at radius 1 is 1.54 bits per heavy atom. The van der Waals surface area contributed by atoms with Crippen LogP contribution in [0.15, 0.2) is 22.8 Å². The average Bonchev–Trinajstić information content (AvgIpc) is 2.01. The lowest BCUT2D eigenvalue weighted by molar-refractivity contribution is -0.113. The van der Waals surface area contributed by atoms with Gasteiger partial charge in [0.15, 0.2) is 5.78 Å². The molecule has 1 atom stereocenters. The van der Waals surface area contributed by atoms with Gasteiger partial charge in [-0.15, -0.1) is 0 Å². The highest BCUT2D eigenvalue weighted by Gasteiger charge is 2.25. The van der Waals surface area contributed by atoms with E-state index in [1.807, 2.05) is 20.8 Å². The van der Waals surface area contributed by atoms with Crippen molar-refractivity contribution in [3.8, 4) is 0 Å². The minimum absolute atomic E-state index is 0.0394. The third kappa shape index (κ3) is 2.07. The van der Waals surface area contributed by atoms with Crippen molar-refractivity contribution in [1.29, 1.82) is 0 Å². The fourth-order valence-electron chi connectivity index (χ4n) is 1.68. The second-order valence-electron chi connectivity index (χ2n) is 3.70. The van der Waals surface area contributed by atoms with E-state index in [9.17, 15) is 4.79 Å². The third-order valence-electron chi connectivity index (χ3n) is 2.30. The van der Waals surface area contributed by atoms with E-state index < -0.39 is 0 Å². The lowest BCUT2D eigenvalue weighted by Crippen LogP contribution is -2.25. The Kier molecular flexibility index (Phi) is 3.04. The summed E-state index contributed by atoms with van der Waals surface area (Å²) >= 11 is 0. The molecule has 0 aromatic carbocycles. The Bertz CT molecular complexity index is 280. The molecule has 1 unspecified atom stereocenters. The topological polar surface area (TPSA) is 26.3 Å². The van der Waals surface area contributed by atoms with Crippen LogP contribution in [-0.4, -0.2) is 19.0 Å². The van der Waals surface area contributed by atoms with Crippen LogP contribution in [0, 0.1) is 0 Å². The standard InChI is InChI=1S/C11H16O2/c1-7(2)11-9(12)5-8(3)6-10(11)13-4/h5,10H,6H2,1-4H3. The molecule has 0 aliphatic heterocycles. The van der Waals surface area contributed by atoms with E-state index in [1.165, 1.54) is 0 Å². The molecule has 1 aliphatic carbocycles. The zero-order valence-electron chi connectivity index (χ0n) is 8.68. The van der Waals surface area contributed by atoms with Gasteiger partial charge >= 0.3 is 0 Å². The van der Waals surface area contributed by atoms with Gasteiger partial charge in [0, 0.05) is 12.7 Å². The molecule has 1 rings (SSSR count). The molecule has 0 radical (unpaired) electrons. The molecule has 0 N–H and O–H groups in total. The van der Waals surface area contributed by atoms with E-state index in [0.717, 1.165) is 23.1 Å². The monoisotopic (exact) mass is 180 g/mol. The van der Waals surface area contributed by atoms with Crippen LogP contribution in [0.25, 0.3) is 0 Å². The van der Waals surface area contributed by atoms with E-state index >= 15 is 0 Å². The van der Waals surface area contributed by atoms with Crippen molar-refractivity contribution >= 4 is 5.78 Å². The van der Waals surface area contributed by atoms with Crippen LogP contribution in [0.2, 0.25) is 0 Å². The highest BCUT2D eigenvalue weighted by Crippen LogP contribution is 2.25. The summed E-state index contributed by atoms with van der Waals surface area (Å²) in [6.45, 7) is 5.87. The molecule has 0 amide bonds. The summed E-state index contributed by atoms with van der Waals surface area (Å²) in [4.78, 5) is 11.6. The molecule has 0 aromatic rings. The molecule has 0 spiro atoms. The molecule has 72 valence electrons. The molecule has 0 bridgehead atoms. The molecule has 0 saturated heterocycles. The van der Waals surface area contributed by atoms with E-state index in [4.69, 9.17) is 4.74 Å². The number of hydrogen-bond acceptors (Lipinski definition) is 2. The number of carbonyl (C=O) groups excluding carboxylic acids is 1. The number of methoxy groups -OCH3 is 1. The van der Waals surface area contributed by atoms with Gasteiger partial charge in [-0.25, -0.2) is 0 Å². The number of ketones is 1. The van der Waals surface area contributed by atoms with Crippen molar-refractivity contribution in [2.45, 2.75) is 33.3 Å². The fourth-order valence-corrected chi connectivity index (χ4v) is 1.68. The zero-order valence-corrected chi connectivity index (χ0v) is 8.68. The molecule has 0 aromatic heterocycles. The average molecular weight is 180 g/mol. The molecular formula is C11H16O2. The van der Waals surface area contributed by atoms with Crippen LogP contribution in [0.4, 0.5) is 0 Å². The van der Waals surface area contributed by atoms with Crippen LogP contribution in [0.3, 0.4) is 0 Å². The lowest BCUT2D eigenvalue weighted by atomic mass is 9.89. The quantitative estimate of drug-likeness (QED) is 0.578. The van der Waals surface area contributed by atoms with Gasteiger partial charge in [0.1, 0.15) is 0 Å². The molecule has 0 saturated carbocycles. The van der Waals surface area contributed by atoms with Gasteiger partial charge in [-0.3, -0.25) is 4.79 Å². The van der Waals surface area contributed by atoms with Gasteiger partial charge in [0.2, 0.25) is 0 Å². The smallest absolute Gasteiger partial charge is 0.184 e. The van der Waals surface area contributed by atoms with Crippen molar-refractivity contribution in [2.24, 2.45) is 0 Å². The number of rotatable bonds is 1. The van der Waals surface area contributed by atoms with Crippen LogP contribution in [0.5, 0.6) is 0 Å². The normalized spacial score (nSPS) is 23.1. The van der Waals surface area contributed by atoms with Crippen LogP contribution >= 0.6 is 0 Å². The highest BCUT2D eigenvalue weighted by molar-refractivity contribution is 6.06. The number of hydrogen-bond donors (Lipinski definition) is 0. The van der Waals surface area contributed by atoms with Gasteiger partial charge in [-0.2, -0.15) is 0 Å². The maximum atomic E-state index is 11.6. The molecule has 13 heavy (non-hydrogen) atoms. The predicted molar refractivity (Wildman–Crippen MR) is 52.6 cm³/mol. The maximum absolute atomic E-state index is 11.6. The Balaban J connectivity index is 3.07. The highest BCUT2D eigenvalue weighted by atomic mass is 16.5. The minimum Gasteiger partial charge on any atom is -0.376 e. The first kappa shape index (κ1) is 10.2. The first-order chi connectivity index (χ1) is 6.06. The predicted octanol–water partition coefficient (Wildman–Crippen LogP) is 2.26. The van der Waals surface area contributed by atoms with E-state index in [0.29, 0.717) is 0 Å². The summed E-state index contributed by atoms with van der Waals surface area (Å²) in [6.07, 6.45) is 2.50. The Morgan fingerprint density at radius 2 is 2.15 bits per heavy atom. The summed E-state index contributed by atoms with van der Waals surface area (Å²) in [7, 11) is 1.65. The summed E-state index contributed by atoms with van der Waals surface area (Å²) in [5.41, 5.74) is 2.98. The molecule has 1 aliphatic rings. The molecule has 0 fully saturated rings. The molecule has 0 heterocycles. The first-order valence-electron chi connectivity index (χ1n) is 4.48. The van der Waals surface area contributed by atoms with Crippen LogP contribution in [0.1, 0.15) is 27.2 Å². The molecule has 2 nitrogen and oxygen atoms in total. The van der Waals surface area contributed by atoms with E-state index in [2.05, 4.69) is 0 Å². The summed E-state index contributed by atoms with van der Waals surface area (Å²) < 4.78 is 5.29. The first-order valence-corrected chi connectivity index (χ1v) is 4.48. The van der Waals surface area contributed by atoms with Gasteiger partial charge in [-0.1, -0.05) is 11.1 Å². The Labute approximate surface area is 79.3 Å². The van der Waals surface area contributed by atoms with Crippen LogP contribution in [-0.2, 0) is 9.53 Å². The maximum Gasteiger partial charge on any atom is 0.184 e.